The van der Waals surface area contributed by atoms with E-state index in [1.54, 1.807) is 0 Å². The van der Waals surface area contributed by atoms with E-state index < -0.39 is 5.63 Å². The van der Waals surface area contributed by atoms with E-state index in [4.69, 9.17) is 9.15 Å². The molecule has 0 radical (unpaired) electrons. The van der Waals surface area contributed by atoms with Crippen molar-refractivity contribution in [2.45, 2.75) is 39.0 Å². The molecule has 1 rings (SSSR count). The number of hydrogen-bond acceptors (Lipinski definition) is 4. The zero-order valence-corrected chi connectivity index (χ0v) is 10.3. The highest BCUT2D eigenvalue weighted by atomic mass is 16.5. The summed E-state index contributed by atoms with van der Waals surface area (Å²) in [4.78, 5) is 22.9. The van der Waals surface area contributed by atoms with E-state index in [0.717, 1.165) is 25.7 Å². The minimum absolute atomic E-state index is 0.0887. The number of rotatable bonds is 7. The highest BCUT2D eigenvalue weighted by Crippen LogP contribution is 2.13. The number of ketones is 1. The lowest BCUT2D eigenvalue weighted by Crippen LogP contribution is -2.06. The van der Waals surface area contributed by atoms with E-state index in [0.29, 0.717) is 12.2 Å². The highest BCUT2D eigenvalue weighted by molar-refractivity contribution is 5.93. The number of ether oxygens (including phenoxy) is 1. The first-order valence-corrected chi connectivity index (χ1v) is 5.89. The Balaban J connectivity index is 2.62. The molecule has 0 atom stereocenters. The monoisotopic (exact) mass is 238 g/mol. The summed E-state index contributed by atoms with van der Waals surface area (Å²) in [6, 6.07) is 2.68. The van der Waals surface area contributed by atoms with Crippen LogP contribution in [0.2, 0.25) is 0 Å². The molecule has 0 saturated heterocycles. The molecule has 0 saturated carbocycles. The predicted octanol–water partition coefficient (Wildman–Crippen LogP) is 2.80. The number of carbonyl (C=O) groups is 1. The maximum Gasteiger partial charge on any atom is 0.340 e. The van der Waals surface area contributed by atoms with E-state index in [2.05, 4.69) is 6.92 Å². The van der Waals surface area contributed by atoms with Gasteiger partial charge in [0.1, 0.15) is 5.75 Å². The average Bonchev–Trinajstić information content (AvgIpc) is 2.33. The van der Waals surface area contributed by atoms with Crippen LogP contribution < -0.4 is 10.4 Å². The summed E-state index contributed by atoms with van der Waals surface area (Å²) in [5.41, 5.74) is -0.554. The molecule has 1 heterocycles. The lowest BCUT2D eigenvalue weighted by Gasteiger charge is -2.02. The van der Waals surface area contributed by atoms with Crippen molar-refractivity contribution in [3.8, 4) is 5.75 Å². The van der Waals surface area contributed by atoms with Crippen LogP contribution in [0.25, 0.3) is 0 Å². The summed E-state index contributed by atoms with van der Waals surface area (Å²) >= 11 is 0. The van der Waals surface area contributed by atoms with Crippen molar-refractivity contribution in [3.63, 3.8) is 0 Å². The van der Waals surface area contributed by atoms with Gasteiger partial charge in [0.25, 0.3) is 0 Å². The second-order valence-corrected chi connectivity index (χ2v) is 3.91. The Morgan fingerprint density at radius 2 is 2.06 bits per heavy atom. The van der Waals surface area contributed by atoms with Crippen LogP contribution in [0.3, 0.4) is 0 Å². The summed E-state index contributed by atoms with van der Waals surface area (Å²) in [6.45, 7) is 2.11. The van der Waals surface area contributed by atoms with Crippen molar-refractivity contribution in [1.82, 2.24) is 0 Å². The fourth-order valence-electron chi connectivity index (χ4n) is 1.55. The number of methoxy groups -OCH3 is 1. The summed E-state index contributed by atoms with van der Waals surface area (Å²) in [5.74, 6) is 0.307. The third kappa shape index (κ3) is 4.43. The molecule has 0 aromatic carbocycles. The topological polar surface area (TPSA) is 56.5 Å². The van der Waals surface area contributed by atoms with Gasteiger partial charge in [-0.1, -0.05) is 26.2 Å². The summed E-state index contributed by atoms with van der Waals surface area (Å²) in [7, 11) is 1.45. The molecule has 1 aromatic rings. The molecule has 0 bridgehead atoms. The molecule has 0 fully saturated rings. The van der Waals surface area contributed by atoms with Gasteiger partial charge in [0.15, 0.2) is 11.5 Å². The molecule has 17 heavy (non-hydrogen) atoms. The van der Waals surface area contributed by atoms with Crippen molar-refractivity contribution in [2.24, 2.45) is 0 Å². The van der Waals surface area contributed by atoms with Crippen molar-refractivity contribution in [2.75, 3.05) is 7.11 Å². The third-order valence-corrected chi connectivity index (χ3v) is 2.51. The third-order valence-electron chi connectivity index (χ3n) is 2.51. The Bertz CT molecular complexity index is 420. The van der Waals surface area contributed by atoms with E-state index in [1.807, 2.05) is 0 Å². The molecular formula is C13H18O4. The molecule has 0 aliphatic heterocycles. The minimum atomic E-state index is -0.554. The van der Waals surface area contributed by atoms with Crippen LogP contribution >= 0.6 is 0 Å². The molecular weight excluding hydrogens is 220 g/mol. The molecule has 4 nitrogen and oxygen atoms in total. The van der Waals surface area contributed by atoms with Crippen molar-refractivity contribution < 1.29 is 13.9 Å². The lowest BCUT2D eigenvalue weighted by molar-refractivity contribution is 0.0947. The first-order valence-electron chi connectivity index (χ1n) is 5.89. The molecule has 94 valence electrons. The first kappa shape index (κ1) is 13.5. The minimum Gasteiger partial charge on any atom is -0.496 e. The number of unbranched alkanes of at least 4 members (excludes halogenated alkanes) is 3. The normalized spacial score (nSPS) is 10.2. The summed E-state index contributed by atoms with van der Waals surface area (Å²) in [6.07, 6.45) is 4.51. The van der Waals surface area contributed by atoms with E-state index in [9.17, 15) is 9.59 Å². The summed E-state index contributed by atoms with van der Waals surface area (Å²) in [5, 5.41) is 0. The Hall–Kier alpha value is -1.58. The van der Waals surface area contributed by atoms with E-state index in [-0.39, 0.29) is 11.5 Å². The Labute approximate surface area is 101 Å². The van der Waals surface area contributed by atoms with E-state index in [1.165, 1.54) is 19.2 Å². The number of Topliss-reactive ketones (excluding diaryl/α,β-unsaturated/α-hetero) is 1. The molecule has 0 N–H and O–H groups in total. The maximum absolute atomic E-state index is 11.7. The second-order valence-electron chi connectivity index (χ2n) is 3.91. The van der Waals surface area contributed by atoms with Crippen LogP contribution in [-0.2, 0) is 0 Å². The summed E-state index contributed by atoms with van der Waals surface area (Å²) < 4.78 is 9.77. The zero-order valence-electron chi connectivity index (χ0n) is 10.3. The van der Waals surface area contributed by atoms with Gasteiger partial charge in [-0.3, -0.25) is 4.79 Å². The zero-order chi connectivity index (χ0) is 12.7. The molecule has 0 spiro atoms. The highest BCUT2D eigenvalue weighted by Gasteiger charge is 2.11. The smallest absolute Gasteiger partial charge is 0.340 e. The first-order chi connectivity index (χ1) is 8.17. The molecule has 0 aliphatic rings. The second kappa shape index (κ2) is 6.89. The quantitative estimate of drug-likeness (QED) is 0.541. The molecule has 1 aromatic heterocycles. The lowest BCUT2D eigenvalue weighted by atomic mass is 10.1. The van der Waals surface area contributed by atoms with Crippen LogP contribution in [0.15, 0.2) is 21.3 Å². The van der Waals surface area contributed by atoms with Crippen LogP contribution in [0.1, 0.15) is 49.6 Å². The molecule has 4 heteroatoms. The Morgan fingerprint density at radius 3 is 2.71 bits per heavy atom. The van der Waals surface area contributed by atoms with Gasteiger partial charge in [-0.25, -0.2) is 4.79 Å². The van der Waals surface area contributed by atoms with Gasteiger partial charge in [-0.2, -0.15) is 0 Å². The molecule has 0 unspecified atom stereocenters. The number of hydrogen-bond donors (Lipinski definition) is 0. The maximum atomic E-state index is 11.7. The van der Waals surface area contributed by atoms with E-state index >= 15 is 0 Å². The molecule has 0 aliphatic carbocycles. The van der Waals surface area contributed by atoms with Crippen LogP contribution in [-0.4, -0.2) is 12.9 Å². The van der Waals surface area contributed by atoms with Crippen LogP contribution in [0, 0.1) is 0 Å². The number of carbonyl (C=O) groups excluding carboxylic acids is 1. The van der Waals surface area contributed by atoms with Gasteiger partial charge in [0.2, 0.25) is 0 Å². The SMILES string of the molecule is CCCCCCC(=O)c1cc(OC)cc(=O)o1. The van der Waals surface area contributed by atoms with Gasteiger partial charge in [0.05, 0.1) is 13.2 Å². The van der Waals surface area contributed by atoms with Gasteiger partial charge in [-0.05, 0) is 6.42 Å². The predicted molar refractivity (Wildman–Crippen MR) is 64.6 cm³/mol. The van der Waals surface area contributed by atoms with Gasteiger partial charge in [-0.15, -0.1) is 0 Å². The fraction of sp³-hybridized carbons (Fsp3) is 0.538. The Morgan fingerprint density at radius 1 is 1.29 bits per heavy atom. The van der Waals surface area contributed by atoms with Crippen LogP contribution in [0.5, 0.6) is 5.75 Å². The fourth-order valence-corrected chi connectivity index (χ4v) is 1.55. The Kier molecular flexibility index (Phi) is 5.46. The molecule has 0 amide bonds. The largest absolute Gasteiger partial charge is 0.496 e. The van der Waals surface area contributed by atoms with Crippen molar-refractivity contribution in [1.29, 1.82) is 0 Å². The van der Waals surface area contributed by atoms with Gasteiger partial charge >= 0.3 is 5.63 Å². The van der Waals surface area contributed by atoms with Gasteiger partial charge in [0, 0.05) is 12.5 Å². The van der Waals surface area contributed by atoms with Crippen molar-refractivity contribution in [3.05, 3.63) is 28.3 Å². The van der Waals surface area contributed by atoms with Crippen LogP contribution in [0.4, 0.5) is 0 Å². The van der Waals surface area contributed by atoms with Crippen molar-refractivity contribution >= 4 is 5.78 Å². The standard InChI is InChI=1S/C13H18O4/c1-3-4-5-6-7-11(14)12-8-10(16-2)9-13(15)17-12/h8-9H,3-7H2,1-2H3. The van der Waals surface area contributed by atoms with Gasteiger partial charge < -0.3 is 9.15 Å². The average molecular weight is 238 g/mol.